The van der Waals surface area contributed by atoms with Gasteiger partial charge in [0.2, 0.25) is 0 Å². The molecular formula is C11H15BrN4O2S. The molecule has 104 valence electrons. The molecule has 2 heterocycles. The van der Waals surface area contributed by atoms with Crippen LogP contribution in [0.15, 0.2) is 9.59 Å². The van der Waals surface area contributed by atoms with E-state index in [0.717, 1.165) is 27.7 Å². The Balaban J connectivity index is 0.00000180. The van der Waals surface area contributed by atoms with E-state index >= 15 is 0 Å². The quantitative estimate of drug-likeness (QED) is 0.622. The fourth-order valence-corrected chi connectivity index (χ4v) is 2.61. The molecule has 0 amide bonds. The van der Waals surface area contributed by atoms with Crippen LogP contribution in [-0.4, -0.2) is 14.2 Å². The molecule has 0 saturated heterocycles. The van der Waals surface area contributed by atoms with Crippen molar-refractivity contribution in [3.63, 3.8) is 0 Å². The van der Waals surface area contributed by atoms with Crippen molar-refractivity contribution in [1.82, 2.24) is 9.03 Å². The van der Waals surface area contributed by atoms with Gasteiger partial charge < -0.3 is 5.73 Å². The first-order valence-corrected chi connectivity index (χ1v) is 6.37. The number of amidine groups is 1. The molecule has 0 unspecified atom stereocenters. The average molecular weight is 347 g/mol. The van der Waals surface area contributed by atoms with Gasteiger partial charge >= 0.3 is 0 Å². The SMILES string of the molecule is Br.Cc1c(C)n2c(CSC(=N)N)c(C)c(=O)n2c1=O. The molecule has 0 spiro atoms. The van der Waals surface area contributed by atoms with Gasteiger partial charge in [-0.25, -0.2) is 0 Å². The average Bonchev–Trinajstić information content (AvgIpc) is 2.68. The maximum atomic E-state index is 12.0. The normalized spacial score (nSPS) is 10.7. The van der Waals surface area contributed by atoms with Crippen LogP contribution >= 0.6 is 28.7 Å². The van der Waals surface area contributed by atoms with Crippen LogP contribution in [0.4, 0.5) is 0 Å². The third-order valence-electron chi connectivity index (χ3n) is 3.14. The molecule has 0 aromatic carbocycles. The number of nitrogens with zero attached hydrogens (tertiary/aromatic N) is 2. The van der Waals surface area contributed by atoms with Crippen molar-refractivity contribution in [3.8, 4) is 0 Å². The summed E-state index contributed by atoms with van der Waals surface area (Å²) in [5, 5.41) is 7.21. The van der Waals surface area contributed by atoms with E-state index < -0.39 is 0 Å². The molecule has 3 N–H and O–H groups in total. The number of aryl methyl sites for hydroxylation is 1. The van der Waals surface area contributed by atoms with E-state index in [-0.39, 0.29) is 33.3 Å². The van der Waals surface area contributed by atoms with Gasteiger partial charge in [-0.3, -0.25) is 19.5 Å². The molecule has 0 aliphatic heterocycles. The highest BCUT2D eigenvalue weighted by Gasteiger charge is 2.20. The zero-order chi connectivity index (χ0) is 13.6. The second-order valence-electron chi connectivity index (χ2n) is 4.17. The predicted molar refractivity (Wildman–Crippen MR) is 82.3 cm³/mol. The Morgan fingerprint density at radius 3 is 2.21 bits per heavy atom. The van der Waals surface area contributed by atoms with Crippen LogP contribution in [0.25, 0.3) is 0 Å². The van der Waals surface area contributed by atoms with Gasteiger partial charge in [-0.05, 0) is 20.8 Å². The lowest BCUT2D eigenvalue weighted by Crippen LogP contribution is -2.23. The van der Waals surface area contributed by atoms with Crippen molar-refractivity contribution < 1.29 is 0 Å². The van der Waals surface area contributed by atoms with Gasteiger partial charge in [0.05, 0.1) is 5.69 Å². The molecule has 2 aromatic heterocycles. The molecule has 0 fully saturated rings. The molecule has 0 bridgehead atoms. The van der Waals surface area contributed by atoms with Crippen LogP contribution in [0.1, 0.15) is 22.5 Å². The minimum Gasteiger partial charge on any atom is -0.379 e. The molecule has 0 aliphatic carbocycles. The Hall–Kier alpha value is -1.28. The first kappa shape index (κ1) is 15.8. The number of hydrogen-bond acceptors (Lipinski definition) is 4. The van der Waals surface area contributed by atoms with E-state index in [0.29, 0.717) is 16.9 Å². The van der Waals surface area contributed by atoms with Gasteiger partial charge in [-0.1, -0.05) is 11.8 Å². The van der Waals surface area contributed by atoms with Gasteiger partial charge in [-0.15, -0.1) is 17.0 Å². The van der Waals surface area contributed by atoms with E-state index in [4.69, 9.17) is 11.1 Å². The van der Waals surface area contributed by atoms with Crippen LogP contribution < -0.4 is 16.9 Å². The summed E-state index contributed by atoms with van der Waals surface area (Å²) < 4.78 is 2.78. The van der Waals surface area contributed by atoms with Crippen LogP contribution in [-0.2, 0) is 5.75 Å². The topological polar surface area (TPSA) is 92.8 Å². The fourth-order valence-electron chi connectivity index (χ4n) is 1.98. The summed E-state index contributed by atoms with van der Waals surface area (Å²) >= 11 is 1.14. The Labute approximate surface area is 124 Å². The van der Waals surface area contributed by atoms with Crippen molar-refractivity contribution in [2.45, 2.75) is 26.5 Å². The minimum absolute atomic E-state index is 0. The zero-order valence-corrected chi connectivity index (χ0v) is 13.3. The molecule has 8 heteroatoms. The summed E-state index contributed by atoms with van der Waals surface area (Å²) in [4.78, 5) is 24.0. The molecule has 0 saturated carbocycles. The number of nitrogens with two attached hydrogens (primary N) is 1. The lowest BCUT2D eigenvalue weighted by molar-refractivity contribution is 0.765. The number of rotatable bonds is 2. The van der Waals surface area contributed by atoms with Gasteiger partial charge in [0.1, 0.15) is 0 Å². The second kappa shape index (κ2) is 5.38. The summed E-state index contributed by atoms with van der Waals surface area (Å²) in [5.74, 6) is 0.404. The standard InChI is InChI=1S/C11H14N4O2S.BrH/c1-5-7(3)14-8(4-18-11(12)13)6(2)10(17)15(14)9(5)16;/h4H2,1-3H3,(H3,12,13);1H. The summed E-state index contributed by atoms with van der Waals surface area (Å²) in [5.41, 5.74) is 7.31. The van der Waals surface area contributed by atoms with Gasteiger partial charge in [0.25, 0.3) is 11.1 Å². The Morgan fingerprint density at radius 1 is 1.16 bits per heavy atom. The van der Waals surface area contributed by atoms with E-state index in [1.807, 2.05) is 0 Å². The molecule has 6 nitrogen and oxygen atoms in total. The number of hydrogen-bond donors (Lipinski definition) is 2. The Kier molecular flexibility index (Phi) is 4.46. The molecule has 2 aromatic rings. The maximum Gasteiger partial charge on any atom is 0.277 e. The number of halogens is 1. The monoisotopic (exact) mass is 346 g/mol. The zero-order valence-electron chi connectivity index (χ0n) is 10.8. The summed E-state index contributed by atoms with van der Waals surface area (Å²) in [6.45, 7) is 5.19. The number of aromatic nitrogens is 2. The van der Waals surface area contributed by atoms with Gasteiger partial charge in [0.15, 0.2) is 5.17 Å². The minimum atomic E-state index is -0.296. The maximum absolute atomic E-state index is 12.0. The highest BCUT2D eigenvalue weighted by molar-refractivity contribution is 8.93. The van der Waals surface area contributed by atoms with Crippen LogP contribution in [0, 0.1) is 26.2 Å². The number of fused-ring (bicyclic) bond motifs is 1. The lowest BCUT2D eigenvalue weighted by atomic mass is 10.2. The molecule has 0 radical (unpaired) electrons. The Morgan fingerprint density at radius 2 is 1.68 bits per heavy atom. The Bertz CT molecular complexity index is 749. The first-order valence-electron chi connectivity index (χ1n) is 5.39. The van der Waals surface area contributed by atoms with Crippen LogP contribution in [0.5, 0.6) is 0 Å². The molecular weight excluding hydrogens is 332 g/mol. The van der Waals surface area contributed by atoms with Gasteiger partial charge in [-0.2, -0.15) is 4.52 Å². The van der Waals surface area contributed by atoms with Crippen molar-refractivity contribution in [1.29, 1.82) is 5.41 Å². The summed E-state index contributed by atoms with van der Waals surface area (Å²) in [7, 11) is 0. The summed E-state index contributed by atoms with van der Waals surface area (Å²) in [6, 6.07) is 0. The lowest BCUT2D eigenvalue weighted by Gasteiger charge is -2.02. The van der Waals surface area contributed by atoms with Crippen LogP contribution in [0.2, 0.25) is 0 Å². The first-order chi connectivity index (χ1) is 8.36. The predicted octanol–water partition coefficient (Wildman–Crippen LogP) is 0.827. The highest BCUT2D eigenvalue weighted by Crippen LogP contribution is 2.15. The molecule has 0 atom stereocenters. The molecule has 0 aliphatic rings. The van der Waals surface area contributed by atoms with Crippen molar-refractivity contribution in [2.75, 3.05) is 0 Å². The van der Waals surface area contributed by atoms with E-state index in [9.17, 15) is 9.59 Å². The third kappa shape index (κ3) is 2.30. The van der Waals surface area contributed by atoms with E-state index in [2.05, 4.69) is 0 Å². The van der Waals surface area contributed by atoms with Crippen molar-refractivity contribution in [2.24, 2.45) is 5.73 Å². The fraction of sp³-hybridized carbons (Fsp3) is 0.364. The second-order valence-corrected chi connectivity index (χ2v) is 5.19. The highest BCUT2D eigenvalue weighted by atomic mass is 79.9. The number of thioether (sulfide) groups is 1. The van der Waals surface area contributed by atoms with Crippen LogP contribution in [0.3, 0.4) is 0 Å². The van der Waals surface area contributed by atoms with Crippen molar-refractivity contribution >= 4 is 33.9 Å². The third-order valence-corrected chi connectivity index (χ3v) is 3.87. The largest absolute Gasteiger partial charge is 0.379 e. The molecule has 19 heavy (non-hydrogen) atoms. The smallest absolute Gasteiger partial charge is 0.277 e. The van der Waals surface area contributed by atoms with Gasteiger partial charge in [0, 0.05) is 22.6 Å². The van der Waals surface area contributed by atoms with E-state index in [1.165, 1.54) is 0 Å². The summed E-state index contributed by atoms with van der Waals surface area (Å²) in [6.07, 6.45) is 0. The molecule has 2 rings (SSSR count). The van der Waals surface area contributed by atoms with Crippen molar-refractivity contribution in [3.05, 3.63) is 43.2 Å². The van der Waals surface area contributed by atoms with E-state index in [1.54, 1.807) is 25.3 Å². The number of nitrogens with one attached hydrogen (secondary N) is 1.